The molecular formula is C16H18N4O4. The third-order valence-corrected chi connectivity index (χ3v) is 3.93. The Morgan fingerprint density at radius 3 is 2.71 bits per heavy atom. The number of esters is 1. The molecule has 1 saturated heterocycles. The number of piperazine rings is 1. The van der Waals surface area contributed by atoms with E-state index in [9.17, 15) is 9.59 Å². The highest BCUT2D eigenvalue weighted by Crippen LogP contribution is 2.18. The molecule has 24 heavy (non-hydrogen) atoms. The first kappa shape index (κ1) is 16.1. The summed E-state index contributed by atoms with van der Waals surface area (Å²) in [6.07, 6.45) is 0. The molecule has 2 aromatic rings. The second-order valence-electron chi connectivity index (χ2n) is 5.61. The van der Waals surface area contributed by atoms with E-state index in [0.29, 0.717) is 36.9 Å². The molecule has 0 atom stereocenters. The Bertz CT molecular complexity index is 741. The molecule has 0 bridgehead atoms. The monoisotopic (exact) mass is 330 g/mol. The first-order valence-electron chi connectivity index (χ1n) is 7.54. The molecular weight excluding hydrogens is 312 g/mol. The van der Waals surface area contributed by atoms with Crippen LogP contribution >= 0.6 is 0 Å². The molecule has 0 unspecified atom stereocenters. The van der Waals surface area contributed by atoms with E-state index in [0.717, 1.165) is 12.1 Å². The molecule has 0 radical (unpaired) electrons. The number of carbonyl (C=O) groups excluding carboxylic acids is 2. The number of nitrogens with zero attached hydrogens (tertiary/aromatic N) is 4. The number of carbonyl (C=O) groups is 2. The zero-order chi connectivity index (χ0) is 17.1. The standard InChI is InChI=1S/C16H18N4O4/c1-19-7-8-20(10-14(19)21)9-13-17-15(18-24-13)11-3-5-12(6-4-11)16(22)23-2/h3-6H,7-10H2,1-2H3. The van der Waals surface area contributed by atoms with Gasteiger partial charge in [0.05, 0.1) is 25.8 Å². The lowest BCUT2D eigenvalue weighted by Gasteiger charge is -2.30. The van der Waals surface area contributed by atoms with Gasteiger partial charge < -0.3 is 14.2 Å². The summed E-state index contributed by atoms with van der Waals surface area (Å²) in [6, 6.07) is 6.77. The fourth-order valence-corrected chi connectivity index (χ4v) is 2.44. The highest BCUT2D eigenvalue weighted by atomic mass is 16.5. The van der Waals surface area contributed by atoms with Gasteiger partial charge in [0.15, 0.2) is 0 Å². The summed E-state index contributed by atoms with van der Waals surface area (Å²) in [5.74, 6) is 0.593. The molecule has 3 rings (SSSR count). The van der Waals surface area contributed by atoms with Crippen molar-refractivity contribution in [2.45, 2.75) is 6.54 Å². The van der Waals surface area contributed by atoms with Gasteiger partial charge in [-0.3, -0.25) is 9.69 Å². The van der Waals surface area contributed by atoms with Gasteiger partial charge in [-0.15, -0.1) is 0 Å². The Morgan fingerprint density at radius 1 is 1.29 bits per heavy atom. The Balaban J connectivity index is 1.67. The molecule has 0 saturated carbocycles. The van der Waals surface area contributed by atoms with Gasteiger partial charge in [-0.1, -0.05) is 17.3 Å². The van der Waals surface area contributed by atoms with Gasteiger partial charge in [0.1, 0.15) is 0 Å². The van der Waals surface area contributed by atoms with E-state index in [-0.39, 0.29) is 5.91 Å². The van der Waals surface area contributed by atoms with Crippen molar-refractivity contribution in [3.8, 4) is 11.4 Å². The molecule has 0 N–H and O–H groups in total. The number of methoxy groups -OCH3 is 1. The number of benzene rings is 1. The third-order valence-electron chi connectivity index (χ3n) is 3.93. The summed E-state index contributed by atoms with van der Waals surface area (Å²) in [5, 5.41) is 3.96. The molecule has 1 amide bonds. The summed E-state index contributed by atoms with van der Waals surface area (Å²) in [4.78, 5) is 31.2. The molecule has 0 spiro atoms. The minimum Gasteiger partial charge on any atom is -0.465 e. The maximum absolute atomic E-state index is 11.7. The van der Waals surface area contributed by atoms with Crippen molar-refractivity contribution in [3.63, 3.8) is 0 Å². The summed E-state index contributed by atoms with van der Waals surface area (Å²) in [7, 11) is 3.13. The van der Waals surface area contributed by atoms with Gasteiger partial charge in [-0.2, -0.15) is 4.98 Å². The summed E-state index contributed by atoms with van der Waals surface area (Å²) in [6.45, 7) is 2.25. The molecule has 1 fully saturated rings. The van der Waals surface area contributed by atoms with Crippen LogP contribution in [0.4, 0.5) is 0 Å². The van der Waals surface area contributed by atoms with Crippen LogP contribution in [0.15, 0.2) is 28.8 Å². The molecule has 1 aliphatic rings. The van der Waals surface area contributed by atoms with E-state index < -0.39 is 5.97 Å². The number of aromatic nitrogens is 2. The Morgan fingerprint density at radius 2 is 2.04 bits per heavy atom. The van der Waals surface area contributed by atoms with E-state index in [1.54, 1.807) is 36.2 Å². The molecule has 8 nitrogen and oxygen atoms in total. The molecule has 126 valence electrons. The lowest BCUT2D eigenvalue weighted by Crippen LogP contribution is -2.48. The normalized spacial score (nSPS) is 15.6. The van der Waals surface area contributed by atoms with Crippen LogP contribution in [-0.2, 0) is 16.1 Å². The van der Waals surface area contributed by atoms with Crippen molar-refractivity contribution >= 4 is 11.9 Å². The third kappa shape index (κ3) is 3.43. The average Bonchev–Trinajstić information content (AvgIpc) is 3.06. The van der Waals surface area contributed by atoms with E-state index in [1.807, 2.05) is 4.90 Å². The predicted octanol–water partition coefficient (Wildman–Crippen LogP) is 0.797. The quantitative estimate of drug-likeness (QED) is 0.766. The zero-order valence-corrected chi connectivity index (χ0v) is 13.6. The number of likely N-dealkylation sites (N-methyl/N-ethyl adjacent to an activating group) is 1. The predicted molar refractivity (Wildman–Crippen MR) is 84.0 cm³/mol. The molecule has 0 aliphatic carbocycles. The SMILES string of the molecule is COC(=O)c1ccc(-c2noc(CN3CCN(C)C(=O)C3)n2)cc1. The van der Waals surface area contributed by atoms with Crippen LogP contribution < -0.4 is 0 Å². The molecule has 1 aliphatic heterocycles. The summed E-state index contributed by atoms with van der Waals surface area (Å²) < 4.78 is 9.93. The molecule has 8 heteroatoms. The summed E-state index contributed by atoms with van der Waals surface area (Å²) in [5.41, 5.74) is 1.20. The second kappa shape index (κ2) is 6.79. The highest BCUT2D eigenvalue weighted by Gasteiger charge is 2.22. The van der Waals surface area contributed by atoms with Crippen molar-refractivity contribution in [1.82, 2.24) is 19.9 Å². The maximum Gasteiger partial charge on any atom is 0.337 e. The lowest BCUT2D eigenvalue weighted by molar-refractivity contribution is -0.134. The molecule has 2 heterocycles. The second-order valence-corrected chi connectivity index (χ2v) is 5.61. The van der Waals surface area contributed by atoms with Gasteiger partial charge in [0.2, 0.25) is 17.6 Å². The highest BCUT2D eigenvalue weighted by molar-refractivity contribution is 5.89. The van der Waals surface area contributed by atoms with Crippen molar-refractivity contribution in [1.29, 1.82) is 0 Å². The number of hydrogen-bond donors (Lipinski definition) is 0. The fraction of sp³-hybridized carbons (Fsp3) is 0.375. The largest absolute Gasteiger partial charge is 0.465 e. The zero-order valence-electron chi connectivity index (χ0n) is 13.6. The van der Waals surface area contributed by atoms with Crippen molar-refractivity contribution in [2.24, 2.45) is 0 Å². The minimum absolute atomic E-state index is 0.0828. The van der Waals surface area contributed by atoms with Crippen LogP contribution in [0.3, 0.4) is 0 Å². The Labute approximate surface area is 139 Å². The first-order chi connectivity index (χ1) is 11.6. The van der Waals surface area contributed by atoms with Crippen molar-refractivity contribution in [3.05, 3.63) is 35.7 Å². The average molecular weight is 330 g/mol. The topological polar surface area (TPSA) is 88.8 Å². The van der Waals surface area contributed by atoms with Crippen molar-refractivity contribution < 1.29 is 18.8 Å². The van der Waals surface area contributed by atoms with E-state index >= 15 is 0 Å². The number of rotatable bonds is 4. The van der Waals surface area contributed by atoms with Gasteiger partial charge in [-0.05, 0) is 12.1 Å². The first-order valence-corrected chi connectivity index (χ1v) is 7.54. The van der Waals surface area contributed by atoms with Gasteiger partial charge in [0.25, 0.3) is 0 Å². The van der Waals surface area contributed by atoms with E-state index in [2.05, 4.69) is 14.9 Å². The maximum atomic E-state index is 11.7. The number of ether oxygens (including phenoxy) is 1. The van der Waals surface area contributed by atoms with Crippen LogP contribution in [0.5, 0.6) is 0 Å². The Kier molecular flexibility index (Phi) is 4.57. The van der Waals surface area contributed by atoms with Crippen molar-refractivity contribution in [2.75, 3.05) is 33.8 Å². The Hall–Kier alpha value is -2.74. The molecule has 1 aromatic heterocycles. The van der Waals surface area contributed by atoms with Crippen LogP contribution in [-0.4, -0.2) is 65.6 Å². The van der Waals surface area contributed by atoms with Crippen LogP contribution in [0.25, 0.3) is 11.4 Å². The van der Waals surface area contributed by atoms with E-state index in [1.165, 1.54) is 7.11 Å². The fourth-order valence-electron chi connectivity index (χ4n) is 2.44. The van der Waals surface area contributed by atoms with Crippen LogP contribution in [0.2, 0.25) is 0 Å². The lowest BCUT2D eigenvalue weighted by atomic mass is 10.1. The number of hydrogen-bond acceptors (Lipinski definition) is 7. The van der Waals surface area contributed by atoms with Gasteiger partial charge in [-0.25, -0.2) is 4.79 Å². The van der Waals surface area contributed by atoms with Crippen LogP contribution in [0, 0.1) is 0 Å². The van der Waals surface area contributed by atoms with Gasteiger partial charge in [0, 0.05) is 25.7 Å². The van der Waals surface area contributed by atoms with Crippen LogP contribution in [0.1, 0.15) is 16.2 Å². The summed E-state index contributed by atoms with van der Waals surface area (Å²) >= 11 is 0. The molecule has 1 aromatic carbocycles. The van der Waals surface area contributed by atoms with E-state index in [4.69, 9.17) is 4.52 Å². The number of amides is 1. The minimum atomic E-state index is -0.393. The van der Waals surface area contributed by atoms with Gasteiger partial charge >= 0.3 is 5.97 Å². The smallest absolute Gasteiger partial charge is 0.337 e.